The monoisotopic (exact) mass is 279 g/mol. The van der Waals surface area contributed by atoms with Crippen LogP contribution in [-0.2, 0) is 11.2 Å². The first-order valence-corrected chi connectivity index (χ1v) is 6.10. The Bertz CT molecular complexity index is 595. The van der Waals surface area contributed by atoms with Gasteiger partial charge in [0.05, 0.1) is 13.5 Å². The molecule has 0 aliphatic carbocycles. The number of hydrogen-bond acceptors (Lipinski definition) is 3. The lowest BCUT2D eigenvalue weighted by Gasteiger charge is -2.08. The van der Waals surface area contributed by atoms with Crippen molar-refractivity contribution in [2.24, 2.45) is 0 Å². The Morgan fingerprint density at radius 3 is 2.89 bits per heavy atom. The predicted octanol–water partition coefficient (Wildman–Crippen LogP) is 2.56. The number of aryl methyl sites for hydroxylation is 1. The number of ether oxygens (including phenoxy) is 1. The van der Waals surface area contributed by atoms with Gasteiger partial charge in [0.25, 0.3) is 0 Å². The molecule has 2 N–H and O–H groups in total. The molecule has 2 rings (SSSR count). The van der Waals surface area contributed by atoms with E-state index in [0.717, 1.165) is 11.3 Å². The molecule has 5 nitrogen and oxygen atoms in total. The maximum absolute atomic E-state index is 11.9. The van der Waals surface area contributed by atoms with Gasteiger partial charge in [0, 0.05) is 22.3 Å². The van der Waals surface area contributed by atoms with Crippen LogP contribution in [0.1, 0.15) is 11.3 Å². The standard InChI is InChI=1S/C13H14ClN3O2/c1-8-5-12(17-16-8)15-13(18)7-9-6-10(14)3-4-11(9)19-2/h3-6H,7H2,1-2H3,(H2,15,16,17,18). The molecule has 0 bridgehead atoms. The number of nitrogens with one attached hydrogen (secondary N) is 2. The second kappa shape index (κ2) is 5.75. The van der Waals surface area contributed by atoms with Crippen molar-refractivity contribution in [2.75, 3.05) is 12.4 Å². The summed E-state index contributed by atoms with van der Waals surface area (Å²) in [6.07, 6.45) is 0.176. The smallest absolute Gasteiger partial charge is 0.230 e. The van der Waals surface area contributed by atoms with E-state index in [1.165, 1.54) is 0 Å². The highest BCUT2D eigenvalue weighted by Crippen LogP contribution is 2.23. The molecule has 0 aliphatic rings. The summed E-state index contributed by atoms with van der Waals surface area (Å²) in [5, 5.41) is 9.97. The van der Waals surface area contributed by atoms with Crippen molar-refractivity contribution in [1.82, 2.24) is 10.2 Å². The number of carbonyl (C=O) groups excluding carboxylic acids is 1. The van der Waals surface area contributed by atoms with Crippen LogP contribution in [0.15, 0.2) is 24.3 Å². The van der Waals surface area contributed by atoms with Gasteiger partial charge >= 0.3 is 0 Å². The molecule has 0 saturated carbocycles. The lowest BCUT2D eigenvalue weighted by Crippen LogP contribution is -2.15. The number of rotatable bonds is 4. The molecule has 0 spiro atoms. The van der Waals surface area contributed by atoms with E-state index in [4.69, 9.17) is 16.3 Å². The minimum atomic E-state index is -0.174. The Morgan fingerprint density at radius 2 is 2.26 bits per heavy atom. The molecule has 1 amide bonds. The fourth-order valence-electron chi connectivity index (χ4n) is 1.73. The number of halogens is 1. The third-order valence-corrected chi connectivity index (χ3v) is 2.80. The maximum Gasteiger partial charge on any atom is 0.230 e. The number of H-pyrrole nitrogens is 1. The van der Waals surface area contributed by atoms with E-state index in [9.17, 15) is 4.79 Å². The Kier molecular flexibility index (Phi) is 4.06. The van der Waals surface area contributed by atoms with Crippen LogP contribution in [0.4, 0.5) is 5.82 Å². The number of anilines is 1. The van der Waals surface area contributed by atoms with Crippen LogP contribution in [0.5, 0.6) is 5.75 Å². The molecule has 0 unspecified atom stereocenters. The molecule has 1 aromatic carbocycles. The molecule has 100 valence electrons. The van der Waals surface area contributed by atoms with Crippen LogP contribution in [0, 0.1) is 6.92 Å². The first-order valence-electron chi connectivity index (χ1n) is 5.73. The van der Waals surface area contributed by atoms with Gasteiger partial charge in [-0.25, -0.2) is 0 Å². The van der Waals surface area contributed by atoms with Crippen molar-refractivity contribution in [2.45, 2.75) is 13.3 Å². The van der Waals surface area contributed by atoms with Crippen molar-refractivity contribution < 1.29 is 9.53 Å². The van der Waals surface area contributed by atoms with E-state index < -0.39 is 0 Å². The van der Waals surface area contributed by atoms with Gasteiger partial charge in [-0.15, -0.1) is 0 Å². The van der Waals surface area contributed by atoms with Gasteiger partial charge in [-0.05, 0) is 25.1 Å². The zero-order valence-corrected chi connectivity index (χ0v) is 11.4. The first-order chi connectivity index (χ1) is 9.08. The Balaban J connectivity index is 2.08. The van der Waals surface area contributed by atoms with Gasteiger partial charge in [-0.3, -0.25) is 9.89 Å². The largest absolute Gasteiger partial charge is 0.496 e. The van der Waals surface area contributed by atoms with Crippen LogP contribution in [0.2, 0.25) is 5.02 Å². The van der Waals surface area contributed by atoms with E-state index in [2.05, 4.69) is 15.5 Å². The van der Waals surface area contributed by atoms with E-state index in [-0.39, 0.29) is 12.3 Å². The lowest BCUT2D eigenvalue weighted by atomic mass is 10.1. The van der Waals surface area contributed by atoms with Gasteiger partial charge in [-0.2, -0.15) is 5.10 Å². The second-order valence-electron chi connectivity index (χ2n) is 4.12. The Morgan fingerprint density at radius 1 is 1.47 bits per heavy atom. The highest BCUT2D eigenvalue weighted by atomic mass is 35.5. The summed E-state index contributed by atoms with van der Waals surface area (Å²) < 4.78 is 5.20. The van der Waals surface area contributed by atoms with Crippen LogP contribution in [0.25, 0.3) is 0 Å². The zero-order valence-electron chi connectivity index (χ0n) is 10.7. The van der Waals surface area contributed by atoms with Crippen LogP contribution in [0.3, 0.4) is 0 Å². The highest BCUT2D eigenvalue weighted by Gasteiger charge is 2.10. The average molecular weight is 280 g/mol. The molecular formula is C13H14ClN3O2. The van der Waals surface area contributed by atoms with Crippen molar-refractivity contribution in [1.29, 1.82) is 0 Å². The van der Waals surface area contributed by atoms with Crippen LogP contribution >= 0.6 is 11.6 Å². The van der Waals surface area contributed by atoms with E-state index in [1.807, 2.05) is 6.92 Å². The summed E-state index contributed by atoms with van der Waals surface area (Å²) in [6.45, 7) is 1.86. The number of amides is 1. The molecule has 0 saturated heterocycles. The summed E-state index contributed by atoms with van der Waals surface area (Å²) >= 11 is 5.92. The molecule has 0 radical (unpaired) electrons. The van der Waals surface area contributed by atoms with Gasteiger partial charge in [0.15, 0.2) is 5.82 Å². The molecular weight excluding hydrogens is 266 g/mol. The topological polar surface area (TPSA) is 67.0 Å². The number of benzene rings is 1. The number of aromatic nitrogens is 2. The molecule has 0 aliphatic heterocycles. The van der Waals surface area contributed by atoms with Crippen molar-refractivity contribution in [3.63, 3.8) is 0 Å². The van der Waals surface area contributed by atoms with Gasteiger partial charge in [0.2, 0.25) is 5.91 Å². The summed E-state index contributed by atoms with van der Waals surface area (Å²) in [6, 6.07) is 6.94. The summed E-state index contributed by atoms with van der Waals surface area (Å²) in [7, 11) is 1.56. The summed E-state index contributed by atoms with van der Waals surface area (Å²) in [5.74, 6) is 0.966. The third-order valence-electron chi connectivity index (χ3n) is 2.57. The first kappa shape index (κ1) is 13.4. The van der Waals surface area contributed by atoms with E-state index >= 15 is 0 Å². The molecule has 0 fully saturated rings. The molecule has 1 heterocycles. The van der Waals surface area contributed by atoms with Gasteiger partial charge < -0.3 is 10.1 Å². The van der Waals surface area contributed by atoms with E-state index in [0.29, 0.717) is 16.6 Å². The van der Waals surface area contributed by atoms with E-state index in [1.54, 1.807) is 31.4 Å². The van der Waals surface area contributed by atoms with Crippen molar-refractivity contribution in [3.05, 3.63) is 40.5 Å². The van der Waals surface area contributed by atoms with Gasteiger partial charge in [0.1, 0.15) is 5.75 Å². The lowest BCUT2D eigenvalue weighted by molar-refractivity contribution is -0.115. The zero-order chi connectivity index (χ0) is 13.8. The molecule has 19 heavy (non-hydrogen) atoms. The van der Waals surface area contributed by atoms with Crippen molar-refractivity contribution in [3.8, 4) is 5.75 Å². The maximum atomic E-state index is 11.9. The second-order valence-corrected chi connectivity index (χ2v) is 4.55. The fourth-order valence-corrected chi connectivity index (χ4v) is 1.92. The van der Waals surface area contributed by atoms with Crippen LogP contribution < -0.4 is 10.1 Å². The molecule has 1 aromatic heterocycles. The minimum absolute atomic E-state index is 0.174. The third kappa shape index (κ3) is 3.48. The SMILES string of the molecule is COc1ccc(Cl)cc1CC(=O)Nc1cc(C)[nH]n1. The minimum Gasteiger partial charge on any atom is -0.496 e. The summed E-state index contributed by atoms with van der Waals surface area (Å²) in [5.41, 5.74) is 1.62. The number of nitrogens with zero attached hydrogens (tertiary/aromatic N) is 1. The quantitative estimate of drug-likeness (QED) is 0.904. The fraction of sp³-hybridized carbons (Fsp3) is 0.231. The Hall–Kier alpha value is -2.01. The van der Waals surface area contributed by atoms with Gasteiger partial charge in [-0.1, -0.05) is 11.6 Å². The number of carbonyl (C=O) groups is 1. The average Bonchev–Trinajstić information content (AvgIpc) is 2.75. The van der Waals surface area contributed by atoms with Crippen LogP contribution in [-0.4, -0.2) is 23.2 Å². The van der Waals surface area contributed by atoms with Crippen molar-refractivity contribution >= 4 is 23.3 Å². The number of methoxy groups -OCH3 is 1. The summed E-state index contributed by atoms with van der Waals surface area (Å²) in [4.78, 5) is 11.9. The molecule has 0 atom stereocenters. The predicted molar refractivity (Wildman–Crippen MR) is 73.7 cm³/mol. The normalized spacial score (nSPS) is 10.3. The Labute approximate surface area is 115 Å². The number of aromatic amines is 1. The highest BCUT2D eigenvalue weighted by molar-refractivity contribution is 6.30. The molecule has 6 heteroatoms. The molecule has 2 aromatic rings. The number of hydrogen-bond donors (Lipinski definition) is 2.